The summed E-state index contributed by atoms with van der Waals surface area (Å²) < 4.78 is 11.7. The van der Waals surface area contributed by atoms with E-state index in [1.54, 1.807) is 37.6 Å². The molecule has 2 amide bonds. The number of nitrogens with one attached hydrogen (secondary N) is 2. The van der Waals surface area contributed by atoms with Crippen molar-refractivity contribution in [1.82, 2.24) is 4.98 Å². The highest BCUT2D eigenvalue weighted by Gasteiger charge is 2.56. The van der Waals surface area contributed by atoms with Crippen molar-refractivity contribution in [1.29, 1.82) is 0 Å². The van der Waals surface area contributed by atoms with E-state index in [0.717, 1.165) is 34.2 Å². The summed E-state index contributed by atoms with van der Waals surface area (Å²) >= 11 is 0. The van der Waals surface area contributed by atoms with Crippen LogP contribution < -0.4 is 20.1 Å². The zero-order valence-corrected chi connectivity index (χ0v) is 21.1. The van der Waals surface area contributed by atoms with E-state index in [0.29, 0.717) is 35.7 Å². The van der Waals surface area contributed by atoms with Gasteiger partial charge in [-0.15, -0.1) is 0 Å². The van der Waals surface area contributed by atoms with E-state index >= 15 is 0 Å². The number of amides is 2. The third-order valence-corrected chi connectivity index (χ3v) is 6.75. The quantitative estimate of drug-likeness (QED) is 0.282. The van der Waals surface area contributed by atoms with Crippen molar-refractivity contribution in [3.05, 3.63) is 84.1 Å². The molecule has 7 nitrogen and oxygen atoms in total. The fraction of sp³-hybridized carbons (Fsp3) is 0.233. The Labute approximate surface area is 215 Å². The SMILES string of the molecule is CCc1cc2nccc(Oc3ccc(NC(=O)C4(C(=O)Nc5ccc(C)cc5)CC4)cc3)c2cc1OC. The van der Waals surface area contributed by atoms with Crippen molar-refractivity contribution in [2.45, 2.75) is 33.1 Å². The maximum absolute atomic E-state index is 13.0. The van der Waals surface area contributed by atoms with Crippen molar-refractivity contribution in [2.75, 3.05) is 17.7 Å². The van der Waals surface area contributed by atoms with Crippen LogP contribution in [-0.4, -0.2) is 23.9 Å². The number of anilines is 2. The van der Waals surface area contributed by atoms with Gasteiger partial charge in [-0.25, -0.2) is 0 Å². The number of aryl methyl sites for hydroxylation is 2. The number of pyridine rings is 1. The average Bonchev–Trinajstić information content (AvgIpc) is 3.73. The lowest BCUT2D eigenvalue weighted by atomic mass is 10.0. The first-order valence-electron chi connectivity index (χ1n) is 12.3. The van der Waals surface area contributed by atoms with Gasteiger partial charge in [0, 0.05) is 23.0 Å². The van der Waals surface area contributed by atoms with Crippen molar-refractivity contribution in [2.24, 2.45) is 5.41 Å². The number of benzene rings is 3. The number of fused-ring (bicyclic) bond motifs is 1. The van der Waals surface area contributed by atoms with Crippen LogP contribution >= 0.6 is 0 Å². The number of nitrogens with zero attached hydrogens (tertiary/aromatic N) is 1. The van der Waals surface area contributed by atoms with Gasteiger partial charge in [-0.2, -0.15) is 0 Å². The van der Waals surface area contributed by atoms with Gasteiger partial charge in [-0.05, 0) is 86.3 Å². The Morgan fingerprint density at radius 3 is 2.08 bits per heavy atom. The molecule has 1 aliphatic rings. The van der Waals surface area contributed by atoms with Gasteiger partial charge in [0.25, 0.3) is 0 Å². The number of ether oxygens (including phenoxy) is 2. The monoisotopic (exact) mass is 495 g/mol. The minimum Gasteiger partial charge on any atom is -0.496 e. The number of carbonyl (C=O) groups excluding carboxylic acids is 2. The maximum atomic E-state index is 13.0. The van der Waals surface area contributed by atoms with Crippen molar-refractivity contribution >= 4 is 34.1 Å². The largest absolute Gasteiger partial charge is 0.496 e. The van der Waals surface area contributed by atoms with Crippen LogP contribution in [0.3, 0.4) is 0 Å². The number of hydrogen-bond acceptors (Lipinski definition) is 5. The van der Waals surface area contributed by atoms with Crippen LogP contribution in [0.4, 0.5) is 11.4 Å². The third-order valence-electron chi connectivity index (χ3n) is 6.75. The molecule has 1 aromatic heterocycles. The number of rotatable bonds is 8. The van der Waals surface area contributed by atoms with Crippen LogP contribution in [0.25, 0.3) is 10.9 Å². The molecule has 0 radical (unpaired) electrons. The molecule has 5 rings (SSSR count). The highest BCUT2D eigenvalue weighted by atomic mass is 16.5. The molecule has 0 bridgehead atoms. The molecule has 4 aromatic rings. The lowest BCUT2D eigenvalue weighted by Crippen LogP contribution is -2.35. The molecular formula is C30H29N3O4. The molecule has 37 heavy (non-hydrogen) atoms. The molecule has 0 atom stereocenters. The molecule has 3 aromatic carbocycles. The van der Waals surface area contributed by atoms with E-state index in [1.165, 1.54) is 0 Å². The second kappa shape index (κ2) is 9.93. The van der Waals surface area contributed by atoms with Crippen LogP contribution in [0.2, 0.25) is 0 Å². The fourth-order valence-corrected chi connectivity index (χ4v) is 4.30. The van der Waals surface area contributed by atoms with Gasteiger partial charge in [-0.1, -0.05) is 24.6 Å². The van der Waals surface area contributed by atoms with E-state index in [-0.39, 0.29) is 11.8 Å². The van der Waals surface area contributed by atoms with Crippen molar-refractivity contribution in [3.63, 3.8) is 0 Å². The van der Waals surface area contributed by atoms with Gasteiger partial charge in [0.15, 0.2) is 0 Å². The van der Waals surface area contributed by atoms with Crippen LogP contribution in [0.1, 0.15) is 30.9 Å². The standard InChI is InChI=1S/C30H29N3O4/c1-4-20-17-25-24(18-27(20)36-3)26(13-16-31-25)37-23-11-9-22(10-12-23)33-29(35)30(14-15-30)28(34)32-21-7-5-19(2)6-8-21/h5-13,16-18H,4,14-15H2,1-3H3,(H,32,34)(H,33,35). The second-order valence-corrected chi connectivity index (χ2v) is 9.33. The molecule has 7 heteroatoms. The third kappa shape index (κ3) is 4.98. The number of aromatic nitrogens is 1. The van der Waals surface area contributed by atoms with Crippen molar-refractivity contribution < 1.29 is 19.1 Å². The Balaban J connectivity index is 1.27. The predicted octanol–water partition coefficient (Wildman–Crippen LogP) is 6.26. The molecule has 1 aliphatic carbocycles. The summed E-state index contributed by atoms with van der Waals surface area (Å²) in [5.41, 5.74) is 3.26. The van der Waals surface area contributed by atoms with Gasteiger partial charge in [-0.3, -0.25) is 14.6 Å². The summed E-state index contributed by atoms with van der Waals surface area (Å²) in [5, 5.41) is 6.61. The summed E-state index contributed by atoms with van der Waals surface area (Å²) in [4.78, 5) is 30.3. The highest BCUT2D eigenvalue weighted by Crippen LogP contribution is 2.47. The Bertz CT molecular complexity index is 1460. The molecule has 0 saturated heterocycles. The molecule has 2 N–H and O–H groups in total. The molecular weight excluding hydrogens is 466 g/mol. The minimum atomic E-state index is -1.04. The average molecular weight is 496 g/mol. The molecule has 1 fully saturated rings. The first-order chi connectivity index (χ1) is 17.9. The van der Waals surface area contributed by atoms with Gasteiger partial charge < -0.3 is 20.1 Å². The molecule has 1 heterocycles. The Hall–Kier alpha value is -4.39. The topological polar surface area (TPSA) is 89.5 Å². The smallest absolute Gasteiger partial charge is 0.240 e. The Kier molecular flexibility index (Phi) is 6.53. The second-order valence-electron chi connectivity index (χ2n) is 9.33. The predicted molar refractivity (Wildman–Crippen MR) is 144 cm³/mol. The lowest BCUT2D eigenvalue weighted by Gasteiger charge is -2.16. The molecule has 0 spiro atoms. The molecule has 1 saturated carbocycles. The Morgan fingerprint density at radius 1 is 0.892 bits per heavy atom. The Morgan fingerprint density at radius 2 is 1.51 bits per heavy atom. The molecule has 188 valence electrons. The zero-order valence-electron chi connectivity index (χ0n) is 21.1. The first kappa shape index (κ1) is 24.3. The summed E-state index contributed by atoms with van der Waals surface area (Å²) in [6.07, 6.45) is 3.61. The number of carbonyl (C=O) groups is 2. The van der Waals surface area contributed by atoms with Gasteiger partial charge in [0.1, 0.15) is 22.7 Å². The van der Waals surface area contributed by atoms with Gasteiger partial charge in [0.05, 0.1) is 12.6 Å². The first-order valence-corrected chi connectivity index (χ1v) is 12.3. The number of methoxy groups -OCH3 is 1. The molecule has 0 unspecified atom stereocenters. The lowest BCUT2D eigenvalue weighted by molar-refractivity contribution is -0.131. The van der Waals surface area contributed by atoms with Crippen LogP contribution in [0.5, 0.6) is 17.2 Å². The summed E-state index contributed by atoms with van der Waals surface area (Å²) in [7, 11) is 1.65. The van der Waals surface area contributed by atoms with E-state index in [2.05, 4.69) is 22.5 Å². The fourth-order valence-electron chi connectivity index (χ4n) is 4.30. The number of hydrogen-bond donors (Lipinski definition) is 2. The van der Waals surface area contributed by atoms with E-state index in [4.69, 9.17) is 9.47 Å². The van der Waals surface area contributed by atoms with E-state index < -0.39 is 5.41 Å². The van der Waals surface area contributed by atoms with Crippen LogP contribution in [0, 0.1) is 12.3 Å². The highest BCUT2D eigenvalue weighted by molar-refractivity contribution is 6.16. The summed E-state index contributed by atoms with van der Waals surface area (Å²) in [6, 6.07) is 20.4. The van der Waals surface area contributed by atoms with Crippen molar-refractivity contribution in [3.8, 4) is 17.2 Å². The van der Waals surface area contributed by atoms with E-state index in [1.807, 2.05) is 49.4 Å². The van der Waals surface area contributed by atoms with Gasteiger partial charge >= 0.3 is 0 Å². The minimum absolute atomic E-state index is 0.278. The molecule has 0 aliphatic heterocycles. The summed E-state index contributed by atoms with van der Waals surface area (Å²) in [5.74, 6) is 1.49. The zero-order chi connectivity index (χ0) is 26.0. The van der Waals surface area contributed by atoms with Gasteiger partial charge in [0.2, 0.25) is 11.8 Å². The van der Waals surface area contributed by atoms with E-state index in [9.17, 15) is 9.59 Å². The normalized spacial score (nSPS) is 13.6. The maximum Gasteiger partial charge on any atom is 0.240 e. The van der Waals surface area contributed by atoms with Crippen LogP contribution in [0.15, 0.2) is 72.9 Å². The summed E-state index contributed by atoms with van der Waals surface area (Å²) in [6.45, 7) is 4.06. The van der Waals surface area contributed by atoms with Crippen LogP contribution in [-0.2, 0) is 16.0 Å².